The van der Waals surface area contributed by atoms with Gasteiger partial charge < -0.3 is 10.6 Å². The van der Waals surface area contributed by atoms with Crippen LogP contribution in [0.2, 0.25) is 10.0 Å². The molecule has 6 nitrogen and oxygen atoms in total. The Morgan fingerprint density at radius 2 is 1.84 bits per heavy atom. The quantitative estimate of drug-likeness (QED) is 0.292. The van der Waals surface area contributed by atoms with E-state index in [2.05, 4.69) is 15.7 Å². The van der Waals surface area contributed by atoms with Crippen molar-refractivity contribution >= 4 is 51.6 Å². The second-order valence-corrected chi connectivity index (χ2v) is 9.09. The molecule has 2 amide bonds. The molecule has 0 aliphatic carbocycles. The predicted octanol–water partition coefficient (Wildman–Crippen LogP) is 6.27. The smallest absolute Gasteiger partial charge is 0.341 e. The van der Waals surface area contributed by atoms with E-state index in [1.165, 1.54) is 18.2 Å². The standard InChI is InChI=1S/C24H13Cl2F5N4O2/c25-11-3-10(4-13(28)5-11)22(36)33-17-7-18-15(8-32-35(18)9-24(29,30)31)19-20(17)21(34-23(19)37)14-6-12(27)1-2-16(14)26/h1-8,21H,9H2,(H,33,36)(H,34,37). The Morgan fingerprint density at radius 1 is 1.08 bits per heavy atom. The fraction of sp³-hybridized carbons (Fsp3) is 0.125. The van der Waals surface area contributed by atoms with Crippen molar-refractivity contribution < 1.29 is 31.5 Å². The summed E-state index contributed by atoms with van der Waals surface area (Å²) in [4.78, 5) is 26.1. The van der Waals surface area contributed by atoms with Crippen LogP contribution >= 0.6 is 23.2 Å². The molecule has 13 heteroatoms. The molecule has 37 heavy (non-hydrogen) atoms. The zero-order valence-electron chi connectivity index (χ0n) is 18.3. The summed E-state index contributed by atoms with van der Waals surface area (Å²) in [5, 5.41) is 9.06. The van der Waals surface area contributed by atoms with Crippen LogP contribution in [0.15, 0.2) is 48.7 Å². The number of rotatable bonds is 4. The summed E-state index contributed by atoms with van der Waals surface area (Å²) in [7, 11) is 0. The Morgan fingerprint density at radius 3 is 2.54 bits per heavy atom. The largest absolute Gasteiger partial charge is 0.408 e. The van der Waals surface area contributed by atoms with Crippen LogP contribution in [0.5, 0.6) is 0 Å². The molecule has 2 N–H and O–H groups in total. The van der Waals surface area contributed by atoms with E-state index in [9.17, 15) is 31.5 Å². The van der Waals surface area contributed by atoms with Gasteiger partial charge in [-0.05, 0) is 42.5 Å². The number of nitrogens with one attached hydrogen (secondary N) is 2. The number of fused-ring (bicyclic) bond motifs is 3. The molecular formula is C24H13Cl2F5N4O2. The highest BCUT2D eigenvalue weighted by atomic mass is 35.5. The monoisotopic (exact) mass is 554 g/mol. The SMILES string of the molecule is O=C(Nc1cc2c(cnn2CC(F)(F)F)c2c1C(c1cc(F)ccc1Cl)NC2=O)c1cc(F)cc(Cl)c1. The van der Waals surface area contributed by atoms with Gasteiger partial charge in [-0.1, -0.05) is 23.2 Å². The van der Waals surface area contributed by atoms with Crippen LogP contribution in [0.3, 0.4) is 0 Å². The number of halogens is 7. The Labute approximate surface area is 215 Å². The maximum atomic E-state index is 14.1. The van der Waals surface area contributed by atoms with E-state index in [-0.39, 0.29) is 48.9 Å². The van der Waals surface area contributed by atoms with Crippen LogP contribution < -0.4 is 10.6 Å². The summed E-state index contributed by atoms with van der Waals surface area (Å²) in [5.74, 6) is -2.99. The summed E-state index contributed by atoms with van der Waals surface area (Å²) >= 11 is 12.1. The summed E-state index contributed by atoms with van der Waals surface area (Å²) in [6, 6.07) is 6.74. The summed E-state index contributed by atoms with van der Waals surface area (Å²) < 4.78 is 68.1. The molecule has 1 unspecified atom stereocenters. The average molecular weight is 555 g/mol. The number of aromatic nitrogens is 2. The van der Waals surface area contributed by atoms with E-state index in [1.54, 1.807) is 0 Å². The molecule has 2 heterocycles. The molecule has 4 aromatic rings. The Balaban J connectivity index is 1.72. The van der Waals surface area contributed by atoms with Crippen molar-refractivity contribution in [2.24, 2.45) is 0 Å². The van der Waals surface area contributed by atoms with E-state index < -0.39 is 42.2 Å². The number of carbonyl (C=O) groups is 2. The lowest BCUT2D eigenvalue weighted by molar-refractivity contribution is -0.141. The third-order valence-electron chi connectivity index (χ3n) is 5.75. The highest BCUT2D eigenvalue weighted by Crippen LogP contribution is 2.43. The van der Waals surface area contributed by atoms with Gasteiger partial charge in [0.15, 0.2) is 0 Å². The maximum absolute atomic E-state index is 14.1. The topological polar surface area (TPSA) is 76.0 Å². The minimum absolute atomic E-state index is 0.0599. The van der Waals surface area contributed by atoms with Gasteiger partial charge >= 0.3 is 6.18 Å². The minimum atomic E-state index is -4.63. The van der Waals surface area contributed by atoms with Crippen molar-refractivity contribution in [2.45, 2.75) is 18.8 Å². The predicted molar refractivity (Wildman–Crippen MR) is 126 cm³/mol. The van der Waals surface area contributed by atoms with Crippen molar-refractivity contribution in [1.82, 2.24) is 15.1 Å². The summed E-state index contributed by atoms with van der Waals surface area (Å²) in [5.41, 5.74) is -0.137. The molecule has 1 atom stereocenters. The zero-order chi connectivity index (χ0) is 26.6. The molecule has 0 saturated carbocycles. The van der Waals surface area contributed by atoms with Gasteiger partial charge in [-0.25, -0.2) is 8.78 Å². The number of hydrogen-bond acceptors (Lipinski definition) is 3. The molecule has 0 bridgehead atoms. The molecule has 5 rings (SSSR count). The minimum Gasteiger partial charge on any atom is -0.341 e. The summed E-state index contributed by atoms with van der Waals surface area (Å²) in [6.45, 7) is -1.46. The molecule has 0 saturated heterocycles. The van der Waals surface area contributed by atoms with Gasteiger partial charge in [-0.15, -0.1) is 0 Å². The first-order valence-electron chi connectivity index (χ1n) is 10.5. The number of nitrogens with zero attached hydrogens (tertiary/aromatic N) is 2. The zero-order valence-corrected chi connectivity index (χ0v) is 19.8. The lowest BCUT2D eigenvalue weighted by atomic mass is 9.94. The lowest BCUT2D eigenvalue weighted by Crippen LogP contribution is -2.21. The lowest BCUT2D eigenvalue weighted by Gasteiger charge is -2.19. The molecule has 0 fully saturated rings. The highest BCUT2D eigenvalue weighted by Gasteiger charge is 2.38. The molecular weight excluding hydrogens is 542 g/mol. The first-order valence-corrected chi connectivity index (χ1v) is 11.3. The number of amides is 2. The molecule has 1 aliphatic heterocycles. The fourth-order valence-corrected chi connectivity index (χ4v) is 4.75. The fourth-order valence-electron chi connectivity index (χ4n) is 4.30. The number of benzene rings is 3. The second kappa shape index (κ2) is 9.00. The number of hydrogen-bond donors (Lipinski definition) is 2. The Kier molecular flexibility index (Phi) is 6.07. The Bertz CT molecular complexity index is 1580. The van der Waals surface area contributed by atoms with Crippen molar-refractivity contribution in [3.63, 3.8) is 0 Å². The van der Waals surface area contributed by atoms with E-state index >= 15 is 0 Å². The molecule has 190 valence electrons. The van der Waals surface area contributed by atoms with Gasteiger partial charge in [-0.3, -0.25) is 14.3 Å². The summed E-state index contributed by atoms with van der Waals surface area (Å²) in [6.07, 6.45) is -3.52. The van der Waals surface area contributed by atoms with Gasteiger partial charge in [0.25, 0.3) is 11.8 Å². The molecule has 0 spiro atoms. The molecule has 1 aliphatic rings. The normalized spacial score (nSPS) is 15.1. The number of carbonyl (C=O) groups excluding carboxylic acids is 2. The van der Waals surface area contributed by atoms with Crippen molar-refractivity contribution in [1.29, 1.82) is 0 Å². The Hall–Kier alpha value is -3.70. The third kappa shape index (κ3) is 4.72. The van der Waals surface area contributed by atoms with E-state index in [0.717, 1.165) is 30.5 Å². The van der Waals surface area contributed by atoms with Crippen LogP contribution in [0.25, 0.3) is 10.9 Å². The van der Waals surface area contributed by atoms with E-state index in [4.69, 9.17) is 23.2 Å². The van der Waals surface area contributed by atoms with Gasteiger partial charge in [0, 0.05) is 37.8 Å². The maximum Gasteiger partial charge on any atom is 0.408 e. The van der Waals surface area contributed by atoms with Crippen LogP contribution in [-0.2, 0) is 6.54 Å². The first-order chi connectivity index (χ1) is 17.4. The third-order valence-corrected chi connectivity index (χ3v) is 6.31. The van der Waals surface area contributed by atoms with E-state index in [0.29, 0.717) is 4.68 Å². The molecule has 3 aromatic carbocycles. The van der Waals surface area contributed by atoms with Gasteiger partial charge in [0.2, 0.25) is 0 Å². The van der Waals surface area contributed by atoms with Gasteiger partial charge in [-0.2, -0.15) is 18.3 Å². The van der Waals surface area contributed by atoms with Crippen molar-refractivity contribution in [2.75, 3.05) is 5.32 Å². The number of alkyl halides is 3. The molecule has 0 radical (unpaired) electrons. The van der Waals surface area contributed by atoms with Crippen LogP contribution in [-0.4, -0.2) is 27.8 Å². The highest BCUT2D eigenvalue weighted by molar-refractivity contribution is 6.32. The van der Waals surface area contributed by atoms with E-state index in [1.807, 2.05) is 0 Å². The first kappa shape index (κ1) is 25.0. The van der Waals surface area contributed by atoms with Crippen molar-refractivity contribution in [3.8, 4) is 0 Å². The van der Waals surface area contributed by atoms with Crippen LogP contribution in [0.4, 0.5) is 27.6 Å². The molecule has 1 aromatic heterocycles. The van der Waals surface area contributed by atoms with Gasteiger partial charge in [0.05, 0.1) is 23.3 Å². The van der Waals surface area contributed by atoms with Crippen LogP contribution in [0.1, 0.15) is 37.9 Å². The average Bonchev–Trinajstić information content (AvgIpc) is 3.34. The second-order valence-electron chi connectivity index (χ2n) is 8.25. The number of anilines is 1. The van der Waals surface area contributed by atoms with Crippen LogP contribution in [0, 0.1) is 11.6 Å². The van der Waals surface area contributed by atoms with Crippen molar-refractivity contribution in [3.05, 3.63) is 92.6 Å². The van der Waals surface area contributed by atoms with Gasteiger partial charge in [0.1, 0.15) is 18.2 Å².